The summed E-state index contributed by atoms with van der Waals surface area (Å²) >= 11 is 0. The van der Waals surface area contributed by atoms with Gasteiger partial charge in [0.05, 0.1) is 6.61 Å². The van der Waals surface area contributed by atoms with E-state index in [4.69, 9.17) is 9.47 Å². The Balaban J connectivity index is 1.71. The maximum atomic E-state index is 10.0. The van der Waals surface area contributed by atoms with E-state index in [1.54, 1.807) is 18.2 Å². The minimum atomic E-state index is -1.47. The Morgan fingerprint density at radius 2 is 1.54 bits per heavy atom. The standard InChI is InChI=1S/C20H22O6/c21-12-16-17(22)18(23)19(24)20(26-16)25-15-8-4-7-14(11-15)10-9-13-5-2-1-3-6-13/h1-11,16-24H,12H2/b10-9+/t16-,17-,18+,19-,20?/m1/s1. The highest BCUT2D eigenvalue weighted by Gasteiger charge is 2.44. The van der Waals surface area contributed by atoms with Crippen LogP contribution in [0.15, 0.2) is 54.6 Å². The second kappa shape index (κ2) is 8.44. The number of rotatable bonds is 5. The number of ether oxygens (including phenoxy) is 2. The molecule has 0 amide bonds. The molecule has 0 aromatic heterocycles. The molecule has 0 aliphatic carbocycles. The minimum Gasteiger partial charge on any atom is -0.462 e. The summed E-state index contributed by atoms with van der Waals surface area (Å²) in [6.07, 6.45) is -2.61. The van der Waals surface area contributed by atoms with Gasteiger partial charge in [0.15, 0.2) is 0 Å². The third kappa shape index (κ3) is 4.30. The van der Waals surface area contributed by atoms with Gasteiger partial charge in [-0.05, 0) is 23.3 Å². The summed E-state index contributed by atoms with van der Waals surface area (Å²) in [5, 5.41) is 38.9. The van der Waals surface area contributed by atoms with E-state index in [-0.39, 0.29) is 0 Å². The van der Waals surface area contributed by atoms with Crippen LogP contribution in [-0.2, 0) is 4.74 Å². The first-order chi connectivity index (χ1) is 12.6. The van der Waals surface area contributed by atoms with Gasteiger partial charge in [0.2, 0.25) is 6.29 Å². The lowest BCUT2D eigenvalue weighted by Gasteiger charge is -2.39. The smallest absolute Gasteiger partial charge is 0.229 e. The fraction of sp³-hybridized carbons (Fsp3) is 0.300. The molecule has 5 atom stereocenters. The van der Waals surface area contributed by atoms with Gasteiger partial charge in [0, 0.05) is 0 Å². The molecule has 1 heterocycles. The number of aliphatic hydroxyl groups is 4. The Bertz CT molecular complexity index is 730. The Hall–Kier alpha value is -2.22. The molecule has 26 heavy (non-hydrogen) atoms. The zero-order valence-corrected chi connectivity index (χ0v) is 14.1. The summed E-state index contributed by atoms with van der Waals surface area (Å²) < 4.78 is 11.0. The van der Waals surface area contributed by atoms with Gasteiger partial charge in [0.1, 0.15) is 30.2 Å². The van der Waals surface area contributed by atoms with Gasteiger partial charge in [-0.1, -0.05) is 54.6 Å². The average molecular weight is 358 g/mol. The summed E-state index contributed by atoms with van der Waals surface area (Å²) in [7, 11) is 0. The third-order valence-corrected chi connectivity index (χ3v) is 4.23. The Labute approximate surface area is 151 Å². The highest BCUT2D eigenvalue weighted by atomic mass is 16.7. The van der Waals surface area contributed by atoms with E-state index >= 15 is 0 Å². The van der Waals surface area contributed by atoms with Gasteiger partial charge in [-0.2, -0.15) is 0 Å². The van der Waals surface area contributed by atoms with E-state index in [1.165, 1.54) is 0 Å². The first-order valence-electron chi connectivity index (χ1n) is 8.39. The lowest BCUT2D eigenvalue weighted by molar-refractivity contribution is -0.277. The van der Waals surface area contributed by atoms with Crippen LogP contribution < -0.4 is 4.74 Å². The average Bonchev–Trinajstić information content (AvgIpc) is 2.68. The molecule has 3 rings (SSSR count). The Morgan fingerprint density at radius 1 is 0.846 bits per heavy atom. The molecule has 138 valence electrons. The Morgan fingerprint density at radius 3 is 2.27 bits per heavy atom. The van der Waals surface area contributed by atoms with Gasteiger partial charge in [-0.15, -0.1) is 0 Å². The minimum absolute atomic E-state index is 0.435. The SMILES string of the molecule is OC[C@H]1OC(Oc2cccc(/C=C/c3ccccc3)c2)[C@H](O)[C@@H](O)[C@@H]1O. The van der Waals surface area contributed by atoms with Crippen molar-refractivity contribution >= 4 is 12.2 Å². The van der Waals surface area contributed by atoms with Crippen molar-refractivity contribution in [2.24, 2.45) is 0 Å². The van der Waals surface area contributed by atoms with E-state index in [2.05, 4.69) is 0 Å². The van der Waals surface area contributed by atoms with Crippen LogP contribution >= 0.6 is 0 Å². The molecule has 0 radical (unpaired) electrons. The van der Waals surface area contributed by atoms with E-state index in [0.29, 0.717) is 5.75 Å². The van der Waals surface area contributed by atoms with Gasteiger partial charge >= 0.3 is 0 Å². The molecule has 6 nitrogen and oxygen atoms in total. The number of aliphatic hydroxyl groups excluding tert-OH is 4. The molecule has 1 fully saturated rings. The molecule has 0 bridgehead atoms. The molecular weight excluding hydrogens is 336 g/mol. The predicted octanol–water partition coefficient (Wildman–Crippen LogP) is 1.04. The highest BCUT2D eigenvalue weighted by Crippen LogP contribution is 2.25. The van der Waals surface area contributed by atoms with Crippen molar-refractivity contribution in [1.82, 2.24) is 0 Å². The fourth-order valence-electron chi connectivity index (χ4n) is 2.75. The second-order valence-electron chi connectivity index (χ2n) is 6.13. The predicted molar refractivity (Wildman–Crippen MR) is 96.2 cm³/mol. The monoisotopic (exact) mass is 358 g/mol. The van der Waals surface area contributed by atoms with E-state index < -0.39 is 37.3 Å². The van der Waals surface area contributed by atoms with E-state index in [9.17, 15) is 20.4 Å². The Kier molecular flexibility index (Phi) is 6.03. The number of benzene rings is 2. The first kappa shape index (κ1) is 18.6. The van der Waals surface area contributed by atoms with Gasteiger partial charge < -0.3 is 29.9 Å². The lowest BCUT2D eigenvalue weighted by atomic mass is 9.99. The molecule has 6 heteroatoms. The maximum Gasteiger partial charge on any atom is 0.229 e. The molecular formula is C20H22O6. The molecule has 4 N–H and O–H groups in total. The van der Waals surface area contributed by atoms with Crippen molar-refractivity contribution in [3.63, 3.8) is 0 Å². The van der Waals surface area contributed by atoms with Crippen LogP contribution in [0.1, 0.15) is 11.1 Å². The quantitative estimate of drug-likeness (QED) is 0.596. The van der Waals surface area contributed by atoms with Crippen LogP contribution in [0.3, 0.4) is 0 Å². The summed E-state index contributed by atoms with van der Waals surface area (Å²) in [6.45, 7) is -0.495. The van der Waals surface area contributed by atoms with Crippen LogP contribution in [0, 0.1) is 0 Å². The van der Waals surface area contributed by atoms with E-state index in [0.717, 1.165) is 11.1 Å². The number of hydrogen-bond acceptors (Lipinski definition) is 6. The first-order valence-corrected chi connectivity index (χ1v) is 8.39. The van der Waals surface area contributed by atoms with Gasteiger partial charge in [-0.3, -0.25) is 0 Å². The molecule has 0 spiro atoms. The van der Waals surface area contributed by atoms with Crippen LogP contribution in [0.4, 0.5) is 0 Å². The summed E-state index contributed by atoms with van der Waals surface area (Å²) in [6, 6.07) is 17.0. The molecule has 1 unspecified atom stereocenters. The van der Waals surface area contributed by atoms with Crippen LogP contribution in [-0.4, -0.2) is 57.7 Å². The lowest BCUT2D eigenvalue weighted by Crippen LogP contribution is -2.60. The topological polar surface area (TPSA) is 99.4 Å². The molecule has 0 saturated carbocycles. The molecule has 1 aliphatic rings. The summed E-state index contributed by atoms with van der Waals surface area (Å²) in [5.41, 5.74) is 1.95. The number of hydrogen-bond donors (Lipinski definition) is 4. The molecule has 2 aromatic rings. The van der Waals surface area contributed by atoms with Crippen LogP contribution in [0.25, 0.3) is 12.2 Å². The van der Waals surface area contributed by atoms with Crippen LogP contribution in [0.5, 0.6) is 5.75 Å². The largest absolute Gasteiger partial charge is 0.462 e. The van der Waals surface area contributed by atoms with Gasteiger partial charge in [0.25, 0.3) is 0 Å². The molecule has 2 aromatic carbocycles. The van der Waals surface area contributed by atoms with Crippen molar-refractivity contribution in [1.29, 1.82) is 0 Å². The summed E-state index contributed by atoms with van der Waals surface area (Å²) in [4.78, 5) is 0. The van der Waals surface area contributed by atoms with Crippen molar-refractivity contribution in [3.8, 4) is 5.75 Å². The fourth-order valence-corrected chi connectivity index (χ4v) is 2.75. The summed E-state index contributed by atoms with van der Waals surface area (Å²) in [5.74, 6) is 0.435. The van der Waals surface area contributed by atoms with Gasteiger partial charge in [-0.25, -0.2) is 0 Å². The van der Waals surface area contributed by atoms with Crippen molar-refractivity contribution in [2.45, 2.75) is 30.7 Å². The normalized spacial score (nSPS) is 29.0. The third-order valence-electron chi connectivity index (χ3n) is 4.23. The maximum absolute atomic E-state index is 10.0. The molecule has 1 aliphatic heterocycles. The van der Waals surface area contributed by atoms with Crippen molar-refractivity contribution < 1.29 is 29.9 Å². The zero-order chi connectivity index (χ0) is 18.5. The van der Waals surface area contributed by atoms with E-state index in [1.807, 2.05) is 48.6 Å². The highest BCUT2D eigenvalue weighted by molar-refractivity contribution is 5.70. The molecule has 1 saturated heterocycles. The van der Waals surface area contributed by atoms with Crippen molar-refractivity contribution in [3.05, 3.63) is 65.7 Å². The van der Waals surface area contributed by atoms with Crippen LogP contribution in [0.2, 0.25) is 0 Å². The second-order valence-corrected chi connectivity index (χ2v) is 6.13. The van der Waals surface area contributed by atoms with Crippen molar-refractivity contribution in [2.75, 3.05) is 6.61 Å². The zero-order valence-electron chi connectivity index (χ0n) is 14.1.